The van der Waals surface area contributed by atoms with Gasteiger partial charge in [-0.25, -0.2) is 0 Å². The highest BCUT2D eigenvalue weighted by atomic mass is 19.4. The van der Waals surface area contributed by atoms with Crippen molar-refractivity contribution in [3.05, 3.63) is 35.4 Å². The first-order valence-electron chi connectivity index (χ1n) is 19.6. The summed E-state index contributed by atoms with van der Waals surface area (Å²) < 4.78 is 168. The summed E-state index contributed by atoms with van der Waals surface area (Å²) in [6.07, 6.45) is -29.9. The van der Waals surface area contributed by atoms with Crippen LogP contribution >= 0.6 is 0 Å². The summed E-state index contributed by atoms with van der Waals surface area (Å²) >= 11 is 0. The van der Waals surface area contributed by atoms with Crippen LogP contribution in [0.1, 0.15) is 125 Å². The zero-order chi connectivity index (χ0) is 47.7. The van der Waals surface area contributed by atoms with Crippen molar-refractivity contribution < 1.29 is 90.8 Å². The maximum absolute atomic E-state index is 12.8. The van der Waals surface area contributed by atoms with Crippen molar-refractivity contribution in [3.8, 4) is 0 Å². The summed E-state index contributed by atoms with van der Waals surface area (Å²) in [4.78, 5) is 48.3. The normalized spacial score (nSPS) is 24.6. The molecule has 8 unspecified atom stereocenters. The average molecular weight is 903 g/mol. The van der Waals surface area contributed by atoms with Crippen molar-refractivity contribution in [2.24, 2.45) is 28.1 Å². The van der Waals surface area contributed by atoms with Crippen molar-refractivity contribution in [1.29, 1.82) is 0 Å². The maximum Gasteiger partial charge on any atom is 0.434 e. The number of hydrogen-bond donors (Lipinski definition) is 0. The molecule has 1 aromatic carbocycles. The second-order valence-electron chi connectivity index (χ2n) is 17.6. The molecule has 4 rings (SSSR count). The third-order valence-corrected chi connectivity index (χ3v) is 11.9. The molecule has 0 aromatic heterocycles. The van der Waals surface area contributed by atoms with E-state index in [4.69, 9.17) is 9.47 Å². The molecule has 3 aliphatic rings. The van der Waals surface area contributed by atoms with Crippen molar-refractivity contribution >= 4 is 23.9 Å². The van der Waals surface area contributed by atoms with Crippen LogP contribution in [0.2, 0.25) is 0 Å². The smallest absolute Gasteiger partial charge is 0.434 e. The average Bonchev–Trinajstić information content (AvgIpc) is 3.74. The Bertz CT molecular complexity index is 1680. The first-order valence-corrected chi connectivity index (χ1v) is 19.6. The van der Waals surface area contributed by atoms with E-state index in [1.165, 1.54) is 17.5 Å². The van der Waals surface area contributed by atoms with E-state index in [-0.39, 0.29) is 11.8 Å². The summed E-state index contributed by atoms with van der Waals surface area (Å²) in [5.41, 5.74) is -2.87. The Morgan fingerprint density at radius 2 is 1.26 bits per heavy atom. The lowest BCUT2D eigenvalue weighted by molar-refractivity contribution is -0.315. The summed E-state index contributed by atoms with van der Waals surface area (Å²) in [6, 6.07) is 9.08. The molecular weight excluding hydrogens is 848 g/mol. The van der Waals surface area contributed by atoms with E-state index < -0.39 is 114 Å². The number of halogens is 12. The molecule has 61 heavy (non-hydrogen) atoms. The Morgan fingerprint density at radius 1 is 0.754 bits per heavy atom. The van der Waals surface area contributed by atoms with Gasteiger partial charge in [-0.15, -0.1) is 0 Å². The highest BCUT2D eigenvalue weighted by Crippen LogP contribution is 2.63. The van der Waals surface area contributed by atoms with Gasteiger partial charge >= 0.3 is 48.6 Å². The second kappa shape index (κ2) is 18.5. The molecule has 8 atom stereocenters. The summed E-state index contributed by atoms with van der Waals surface area (Å²) in [5.74, 6) is -6.62. The molecule has 0 radical (unpaired) electrons. The molecule has 2 bridgehead atoms. The summed E-state index contributed by atoms with van der Waals surface area (Å²) in [6.45, 7) is 18.4. The Balaban J connectivity index is 0.000000350. The van der Waals surface area contributed by atoms with Crippen molar-refractivity contribution in [2.75, 3.05) is 0 Å². The fourth-order valence-corrected chi connectivity index (χ4v) is 6.76. The van der Waals surface area contributed by atoms with Crippen LogP contribution in [0.3, 0.4) is 0 Å². The standard InChI is InChI=1S/C18H20F6O6.C14H22.C9H12F6O2/c1-4-15(2,3)12(25)28-9-7-5-8-10(9)29-13(26)16(8,6-7)14(27)30-11(17(19,20)21)18(22,23)24;1-6-11(2)12-7-9-13(10-8-12)14(3,4)5;1-4-7(3,9(13,14)15)6(16)17-5(2)8(10,11)12/h7-11H,4-6H2,1-3H3;7-11H,6H2,1-5H3;5H,4H2,1-3H3. The third kappa shape index (κ3) is 11.8. The van der Waals surface area contributed by atoms with Crippen molar-refractivity contribution in [1.82, 2.24) is 0 Å². The second-order valence-corrected chi connectivity index (χ2v) is 17.6. The van der Waals surface area contributed by atoms with E-state index in [9.17, 15) is 71.9 Å². The zero-order valence-corrected chi connectivity index (χ0v) is 35.7. The number of esters is 4. The number of ether oxygens (including phenoxy) is 4. The van der Waals surface area contributed by atoms with Gasteiger partial charge in [0.25, 0.3) is 6.10 Å². The quantitative estimate of drug-likeness (QED) is 0.0989. The van der Waals surface area contributed by atoms with E-state index in [0.717, 1.165) is 6.92 Å². The number of carbonyl (C=O) groups excluding carboxylic acids is 4. The third-order valence-electron chi connectivity index (χ3n) is 11.9. The lowest BCUT2D eigenvalue weighted by Gasteiger charge is -2.33. The number of hydrogen-bond acceptors (Lipinski definition) is 8. The Kier molecular flexibility index (Phi) is 16.2. The Morgan fingerprint density at radius 3 is 1.66 bits per heavy atom. The van der Waals surface area contributed by atoms with E-state index in [1.807, 2.05) is 0 Å². The molecule has 0 amide bonds. The lowest BCUT2D eigenvalue weighted by Crippen LogP contribution is -2.51. The fourth-order valence-electron chi connectivity index (χ4n) is 6.76. The zero-order valence-electron chi connectivity index (χ0n) is 35.7. The van der Waals surface area contributed by atoms with Crippen LogP contribution in [0.4, 0.5) is 52.7 Å². The van der Waals surface area contributed by atoms with E-state index in [1.54, 1.807) is 20.8 Å². The minimum absolute atomic E-state index is 0.0821. The van der Waals surface area contributed by atoms with E-state index in [0.29, 0.717) is 26.2 Å². The molecule has 20 heteroatoms. The molecule has 0 N–H and O–H groups in total. The van der Waals surface area contributed by atoms with Crippen LogP contribution in [-0.4, -0.2) is 73.0 Å². The first kappa shape index (κ1) is 53.4. The molecule has 8 nitrogen and oxygen atoms in total. The SMILES string of the molecule is CCC(C)(C(=O)OC(C)C(F)(F)F)C(F)(F)F.CCC(C)(C)C(=O)OC1C2CC3C1OC(=O)C3(C(=O)OC(C(F)(F)F)C(F)(F)F)C2.CCC(C)c1ccc(C(C)(C)C)cc1. The van der Waals surface area contributed by atoms with Gasteiger partial charge < -0.3 is 18.9 Å². The van der Waals surface area contributed by atoms with Gasteiger partial charge in [-0.2, -0.15) is 52.7 Å². The summed E-state index contributed by atoms with van der Waals surface area (Å²) in [5, 5.41) is 0. The highest BCUT2D eigenvalue weighted by molar-refractivity contribution is 6.03. The van der Waals surface area contributed by atoms with Gasteiger partial charge in [-0.3, -0.25) is 19.2 Å². The van der Waals surface area contributed by atoms with Gasteiger partial charge in [0.05, 0.1) is 5.41 Å². The molecule has 2 saturated carbocycles. The number of rotatable bonds is 10. The minimum atomic E-state index is -5.89. The summed E-state index contributed by atoms with van der Waals surface area (Å²) in [7, 11) is 0. The number of benzene rings is 1. The number of carbonyl (C=O) groups is 4. The van der Waals surface area contributed by atoms with Crippen LogP contribution in [0.15, 0.2) is 24.3 Å². The highest BCUT2D eigenvalue weighted by Gasteiger charge is 2.76. The van der Waals surface area contributed by atoms with Crippen LogP contribution in [0, 0.1) is 28.1 Å². The van der Waals surface area contributed by atoms with Crippen LogP contribution in [-0.2, 0) is 43.5 Å². The van der Waals surface area contributed by atoms with Crippen LogP contribution in [0.5, 0.6) is 0 Å². The molecular formula is C41H54F12O8. The van der Waals surface area contributed by atoms with Gasteiger partial charge in [-0.05, 0) is 82.3 Å². The van der Waals surface area contributed by atoms with Crippen molar-refractivity contribution in [2.45, 2.75) is 169 Å². The number of fused-ring (bicyclic) bond motifs is 1. The Labute approximate surface area is 346 Å². The molecule has 1 saturated heterocycles. The first-order chi connectivity index (χ1) is 27.4. The fraction of sp³-hybridized carbons (Fsp3) is 0.756. The van der Waals surface area contributed by atoms with Crippen LogP contribution < -0.4 is 0 Å². The van der Waals surface area contributed by atoms with Crippen molar-refractivity contribution in [3.63, 3.8) is 0 Å². The van der Waals surface area contributed by atoms with E-state index in [2.05, 4.69) is 68.4 Å². The lowest BCUT2D eigenvalue weighted by atomic mass is 9.73. The van der Waals surface area contributed by atoms with Gasteiger partial charge in [0, 0.05) is 11.8 Å². The largest absolute Gasteiger partial charge is 0.458 e. The van der Waals surface area contributed by atoms with Gasteiger partial charge in [-0.1, -0.05) is 72.7 Å². The van der Waals surface area contributed by atoms with Crippen LogP contribution in [0.25, 0.3) is 0 Å². The molecule has 1 heterocycles. The maximum atomic E-state index is 12.8. The number of alkyl halides is 12. The molecule has 1 aromatic rings. The molecule has 3 fully saturated rings. The topological polar surface area (TPSA) is 105 Å². The minimum Gasteiger partial charge on any atom is -0.458 e. The molecule has 350 valence electrons. The Hall–Kier alpha value is -3.74. The molecule has 1 aliphatic heterocycles. The van der Waals surface area contributed by atoms with Gasteiger partial charge in [0.1, 0.15) is 12.2 Å². The predicted molar refractivity (Wildman–Crippen MR) is 194 cm³/mol. The molecule has 2 aliphatic carbocycles. The van der Waals surface area contributed by atoms with E-state index >= 15 is 0 Å². The molecule has 0 spiro atoms. The predicted octanol–water partition coefficient (Wildman–Crippen LogP) is 11.3. The van der Waals surface area contributed by atoms with Gasteiger partial charge in [0.15, 0.2) is 16.9 Å². The monoisotopic (exact) mass is 902 g/mol. The van der Waals surface area contributed by atoms with Gasteiger partial charge in [0.2, 0.25) is 0 Å².